The molecule has 1 atom stereocenters. The molecule has 0 spiro atoms. The molecule has 0 radical (unpaired) electrons. The van der Waals surface area contributed by atoms with Crippen LogP contribution >= 0.6 is 0 Å². The Morgan fingerprint density at radius 2 is 1.96 bits per heavy atom. The highest BCUT2D eigenvalue weighted by Crippen LogP contribution is 2.22. The smallest absolute Gasteiger partial charge is 0.253 e. The average Bonchev–Trinajstić information content (AvgIpc) is 2.57. The monoisotopic (exact) mass is 311 g/mol. The van der Waals surface area contributed by atoms with Crippen molar-refractivity contribution in [1.82, 2.24) is 15.1 Å². The van der Waals surface area contributed by atoms with Crippen molar-refractivity contribution in [1.29, 1.82) is 0 Å². The van der Waals surface area contributed by atoms with Crippen molar-refractivity contribution in [2.45, 2.75) is 26.7 Å². The summed E-state index contributed by atoms with van der Waals surface area (Å²) in [6, 6.07) is 10.8. The molecule has 2 heterocycles. The number of hydrogen-bond acceptors (Lipinski definition) is 4. The lowest BCUT2D eigenvalue weighted by atomic mass is 9.99. The number of hydrogen-bond donors (Lipinski definition) is 0. The number of aromatic nitrogens is 2. The molecule has 1 amide bonds. The molecule has 5 heteroatoms. The summed E-state index contributed by atoms with van der Waals surface area (Å²) in [6.07, 6.45) is 2.29. The summed E-state index contributed by atoms with van der Waals surface area (Å²) in [5.74, 6) is 1.76. The number of rotatable bonds is 3. The number of aryl methyl sites for hydroxylation is 1. The van der Waals surface area contributed by atoms with E-state index in [1.807, 2.05) is 17.9 Å². The third-order valence-electron chi connectivity index (χ3n) is 4.04. The Labute approximate surface area is 136 Å². The van der Waals surface area contributed by atoms with E-state index in [-0.39, 0.29) is 5.91 Å². The molecule has 1 aromatic carbocycles. The Morgan fingerprint density at radius 3 is 2.61 bits per heavy atom. The Hall–Kier alpha value is -2.43. The normalized spacial score (nSPS) is 17.8. The molecule has 0 bridgehead atoms. The van der Waals surface area contributed by atoms with Gasteiger partial charge in [0.1, 0.15) is 5.75 Å². The second kappa shape index (κ2) is 6.77. The van der Waals surface area contributed by atoms with Crippen LogP contribution in [0.1, 0.15) is 35.8 Å². The van der Waals surface area contributed by atoms with E-state index in [0.29, 0.717) is 23.1 Å². The molecule has 1 aromatic heterocycles. The molecule has 0 saturated carbocycles. The van der Waals surface area contributed by atoms with Gasteiger partial charge in [-0.25, -0.2) is 0 Å². The minimum absolute atomic E-state index is 0.0956. The fourth-order valence-corrected chi connectivity index (χ4v) is 2.78. The lowest BCUT2D eigenvalue weighted by molar-refractivity contribution is 0.0683. The number of carbonyl (C=O) groups is 1. The van der Waals surface area contributed by atoms with Crippen LogP contribution in [0.4, 0.5) is 0 Å². The third kappa shape index (κ3) is 3.86. The molecule has 23 heavy (non-hydrogen) atoms. The second-order valence-corrected chi connectivity index (χ2v) is 6.14. The van der Waals surface area contributed by atoms with Crippen LogP contribution < -0.4 is 4.74 Å². The summed E-state index contributed by atoms with van der Waals surface area (Å²) >= 11 is 0. The standard InChI is InChI=1S/C18H21N3O2/c1-13-4-3-11-21(12-13)18(22)15-6-8-16(9-7-15)23-17-10-5-14(2)19-20-17/h5-10,13H,3-4,11-12H2,1-2H3/t13-/m1/s1. The minimum Gasteiger partial charge on any atom is -0.438 e. The summed E-state index contributed by atoms with van der Waals surface area (Å²) in [7, 11) is 0. The predicted molar refractivity (Wildman–Crippen MR) is 87.6 cm³/mol. The zero-order valence-electron chi connectivity index (χ0n) is 13.5. The van der Waals surface area contributed by atoms with E-state index in [1.165, 1.54) is 6.42 Å². The number of piperidine rings is 1. The maximum atomic E-state index is 12.5. The van der Waals surface area contributed by atoms with E-state index >= 15 is 0 Å². The van der Waals surface area contributed by atoms with Crippen LogP contribution in [0.15, 0.2) is 36.4 Å². The van der Waals surface area contributed by atoms with E-state index in [9.17, 15) is 4.79 Å². The fraction of sp³-hybridized carbons (Fsp3) is 0.389. The first-order valence-electron chi connectivity index (χ1n) is 7.99. The van der Waals surface area contributed by atoms with Crippen LogP contribution in [0.2, 0.25) is 0 Å². The highest BCUT2D eigenvalue weighted by molar-refractivity contribution is 5.94. The van der Waals surface area contributed by atoms with Crippen molar-refractivity contribution >= 4 is 5.91 Å². The van der Waals surface area contributed by atoms with Gasteiger partial charge in [0.05, 0.1) is 5.69 Å². The number of likely N-dealkylation sites (tertiary alicyclic amines) is 1. The van der Waals surface area contributed by atoms with E-state index in [0.717, 1.165) is 25.2 Å². The summed E-state index contributed by atoms with van der Waals surface area (Å²) in [6.45, 7) is 5.76. The molecule has 120 valence electrons. The highest BCUT2D eigenvalue weighted by Gasteiger charge is 2.21. The van der Waals surface area contributed by atoms with Gasteiger partial charge in [-0.15, -0.1) is 5.10 Å². The molecule has 1 fully saturated rings. The van der Waals surface area contributed by atoms with Crippen LogP contribution in [0.3, 0.4) is 0 Å². The minimum atomic E-state index is 0.0956. The lowest BCUT2D eigenvalue weighted by Gasteiger charge is -2.31. The van der Waals surface area contributed by atoms with E-state index < -0.39 is 0 Å². The van der Waals surface area contributed by atoms with Crippen LogP contribution in [0.5, 0.6) is 11.6 Å². The summed E-state index contributed by atoms with van der Waals surface area (Å²) in [5.41, 5.74) is 1.54. The summed E-state index contributed by atoms with van der Waals surface area (Å²) in [4.78, 5) is 14.5. The average molecular weight is 311 g/mol. The molecule has 0 N–H and O–H groups in total. The van der Waals surface area contributed by atoms with Crippen LogP contribution in [0.25, 0.3) is 0 Å². The number of nitrogens with zero attached hydrogens (tertiary/aromatic N) is 3. The highest BCUT2D eigenvalue weighted by atomic mass is 16.5. The van der Waals surface area contributed by atoms with Crippen LogP contribution in [-0.2, 0) is 0 Å². The molecule has 3 rings (SSSR count). The zero-order chi connectivity index (χ0) is 16.2. The summed E-state index contributed by atoms with van der Waals surface area (Å²) in [5, 5.41) is 7.92. The van der Waals surface area contributed by atoms with Crippen molar-refractivity contribution in [2.75, 3.05) is 13.1 Å². The van der Waals surface area contributed by atoms with Crippen LogP contribution in [-0.4, -0.2) is 34.1 Å². The maximum absolute atomic E-state index is 12.5. The van der Waals surface area contributed by atoms with Gasteiger partial charge >= 0.3 is 0 Å². The lowest BCUT2D eigenvalue weighted by Crippen LogP contribution is -2.39. The zero-order valence-corrected chi connectivity index (χ0v) is 13.5. The number of ether oxygens (including phenoxy) is 1. The molecule has 0 unspecified atom stereocenters. The molecular weight excluding hydrogens is 290 g/mol. The molecule has 1 saturated heterocycles. The van der Waals surface area contributed by atoms with Crippen molar-refractivity contribution in [3.63, 3.8) is 0 Å². The number of benzene rings is 1. The maximum Gasteiger partial charge on any atom is 0.253 e. The summed E-state index contributed by atoms with van der Waals surface area (Å²) < 4.78 is 5.63. The molecule has 1 aliphatic heterocycles. The van der Waals surface area contributed by atoms with Crippen molar-refractivity contribution in [3.05, 3.63) is 47.7 Å². The topological polar surface area (TPSA) is 55.3 Å². The van der Waals surface area contributed by atoms with Gasteiger partial charge in [0.2, 0.25) is 5.88 Å². The van der Waals surface area contributed by atoms with Crippen molar-refractivity contribution in [2.24, 2.45) is 5.92 Å². The van der Waals surface area contributed by atoms with Gasteiger partial charge in [0.15, 0.2) is 0 Å². The first-order valence-corrected chi connectivity index (χ1v) is 7.99. The predicted octanol–water partition coefficient (Wildman–Crippen LogP) is 3.45. The Morgan fingerprint density at radius 1 is 1.17 bits per heavy atom. The molecular formula is C18H21N3O2. The molecule has 1 aliphatic rings. The quantitative estimate of drug-likeness (QED) is 0.871. The Kier molecular flexibility index (Phi) is 4.55. The fourth-order valence-electron chi connectivity index (χ4n) is 2.78. The molecule has 2 aromatic rings. The SMILES string of the molecule is Cc1ccc(Oc2ccc(C(=O)N3CCC[C@@H](C)C3)cc2)nn1. The van der Waals surface area contributed by atoms with Gasteiger partial charge in [0.25, 0.3) is 5.91 Å². The van der Waals surface area contributed by atoms with Gasteiger partial charge in [0, 0.05) is 24.7 Å². The molecule has 0 aliphatic carbocycles. The number of carbonyl (C=O) groups excluding carboxylic acids is 1. The van der Waals surface area contributed by atoms with E-state index in [4.69, 9.17) is 4.74 Å². The van der Waals surface area contributed by atoms with E-state index in [2.05, 4.69) is 17.1 Å². The van der Waals surface area contributed by atoms with Crippen molar-refractivity contribution in [3.8, 4) is 11.6 Å². The van der Waals surface area contributed by atoms with Crippen LogP contribution in [0, 0.1) is 12.8 Å². The Balaban J connectivity index is 1.66. The number of amides is 1. The Bertz CT molecular complexity index is 668. The largest absolute Gasteiger partial charge is 0.438 e. The van der Waals surface area contributed by atoms with E-state index in [1.54, 1.807) is 30.3 Å². The van der Waals surface area contributed by atoms with Gasteiger partial charge < -0.3 is 9.64 Å². The second-order valence-electron chi connectivity index (χ2n) is 6.14. The van der Waals surface area contributed by atoms with Gasteiger partial charge in [-0.3, -0.25) is 4.79 Å². The first-order chi connectivity index (χ1) is 11.1. The van der Waals surface area contributed by atoms with Gasteiger partial charge in [-0.2, -0.15) is 5.10 Å². The third-order valence-corrected chi connectivity index (χ3v) is 4.04. The molecule has 5 nitrogen and oxygen atoms in total. The first kappa shape index (κ1) is 15.5. The van der Waals surface area contributed by atoms with Crippen molar-refractivity contribution < 1.29 is 9.53 Å². The van der Waals surface area contributed by atoms with Gasteiger partial charge in [-0.1, -0.05) is 6.92 Å². The van der Waals surface area contributed by atoms with Gasteiger partial charge in [-0.05, 0) is 56.0 Å².